The molecule has 1 amide bonds. The molecule has 2 saturated heterocycles. The molecule has 0 aliphatic carbocycles. The predicted molar refractivity (Wildman–Crippen MR) is 46.5 cm³/mol. The summed E-state index contributed by atoms with van der Waals surface area (Å²) in [5.74, 6) is -0.315. The fraction of sp³-hybridized carbons (Fsp3) is 0.875. The van der Waals surface area contributed by atoms with Crippen molar-refractivity contribution in [2.75, 3.05) is 6.61 Å². The highest BCUT2D eigenvalue weighted by Crippen LogP contribution is 2.41. The van der Waals surface area contributed by atoms with Gasteiger partial charge in [0.25, 0.3) is 0 Å². The zero-order valence-corrected chi connectivity index (χ0v) is 8.16. The minimum absolute atomic E-state index is 0.315. The Labute approximate surface area is 85.9 Å². The largest absolute Gasteiger partial charge is 0.393 e. The van der Waals surface area contributed by atoms with Crippen LogP contribution in [-0.2, 0) is 14.2 Å². The molecule has 2 rings (SSSR count). The van der Waals surface area contributed by atoms with E-state index < -0.39 is 30.6 Å². The van der Waals surface area contributed by atoms with Crippen molar-refractivity contribution in [1.82, 2.24) is 5.32 Å². The Kier molecular flexibility index (Phi) is 2.65. The van der Waals surface area contributed by atoms with Crippen LogP contribution in [0.2, 0.25) is 0 Å². The molecule has 0 bridgehead atoms. The van der Waals surface area contributed by atoms with E-state index in [-0.39, 0.29) is 12.5 Å². The van der Waals surface area contributed by atoms with Crippen LogP contribution in [0, 0.1) is 0 Å². The topological polar surface area (TPSA) is 105 Å². The second kappa shape index (κ2) is 3.69. The number of hydrogen-bond donors (Lipinski definition) is 4. The molecular weight excluding hydrogens is 206 g/mol. The van der Waals surface area contributed by atoms with Gasteiger partial charge in [0, 0.05) is 6.92 Å². The van der Waals surface area contributed by atoms with Gasteiger partial charge in [-0.25, -0.2) is 0 Å². The lowest BCUT2D eigenvalue weighted by molar-refractivity contribution is -0.265. The molecule has 5 atom stereocenters. The standard InChI is InChI=1S/C8H13NO6/c1-3(11)9-5-7(13)6(12)4(2-10)15-8(5)14-15/h4-8,10,12-13H,2H2,1H3/p+1/t4-,5-,6-,7-,8-/m1/s1. The van der Waals surface area contributed by atoms with E-state index in [4.69, 9.17) is 9.99 Å². The molecule has 0 aromatic carbocycles. The minimum atomic E-state index is -1.17. The Balaban J connectivity index is 2.08. The van der Waals surface area contributed by atoms with Crippen molar-refractivity contribution in [2.45, 2.75) is 37.6 Å². The smallest absolute Gasteiger partial charge is 0.388 e. The first kappa shape index (κ1) is 10.8. The normalized spacial score (nSPS) is 44.7. The first-order valence-corrected chi connectivity index (χ1v) is 4.69. The first-order chi connectivity index (χ1) is 7.06. The van der Waals surface area contributed by atoms with E-state index >= 15 is 0 Å². The Morgan fingerprint density at radius 1 is 1.47 bits per heavy atom. The van der Waals surface area contributed by atoms with Crippen LogP contribution in [0.5, 0.6) is 0 Å². The van der Waals surface area contributed by atoms with Crippen molar-refractivity contribution in [3.8, 4) is 0 Å². The summed E-state index contributed by atoms with van der Waals surface area (Å²) in [6.45, 7) is 0.973. The molecule has 4 N–H and O–H groups in total. The quantitative estimate of drug-likeness (QED) is 0.232. The summed E-state index contributed by atoms with van der Waals surface area (Å²) >= 11 is 0. The van der Waals surface area contributed by atoms with Gasteiger partial charge in [0.05, 0.1) is 0 Å². The summed E-state index contributed by atoms with van der Waals surface area (Å²) in [4.78, 5) is 15.8. The highest BCUT2D eigenvalue weighted by Gasteiger charge is 2.69. The molecule has 0 saturated carbocycles. The molecule has 86 valence electrons. The van der Waals surface area contributed by atoms with E-state index in [1.165, 1.54) is 6.92 Å². The van der Waals surface area contributed by atoms with Gasteiger partial charge in [0.2, 0.25) is 12.0 Å². The molecule has 2 heterocycles. The summed E-state index contributed by atoms with van der Waals surface area (Å²) in [5, 5.41) is 30.7. The summed E-state index contributed by atoms with van der Waals surface area (Å²) < 4.78 is 2.21. The number of hydrogen-bond acceptors (Lipinski definition) is 5. The van der Waals surface area contributed by atoms with E-state index in [2.05, 4.69) is 9.83 Å². The number of aliphatic hydroxyl groups excluding tert-OH is 3. The number of carbonyl (C=O) groups excluding carboxylic acids is 1. The second-order valence-electron chi connectivity index (χ2n) is 3.72. The number of fused-ring (bicyclic) bond motifs is 1. The molecule has 0 aromatic heterocycles. The van der Waals surface area contributed by atoms with Crippen LogP contribution >= 0.6 is 0 Å². The Morgan fingerprint density at radius 2 is 2.13 bits per heavy atom. The van der Waals surface area contributed by atoms with E-state index in [0.717, 1.165) is 0 Å². The maximum absolute atomic E-state index is 10.8. The van der Waals surface area contributed by atoms with Crippen LogP contribution in [0.1, 0.15) is 6.92 Å². The van der Waals surface area contributed by atoms with E-state index in [9.17, 15) is 15.0 Å². The van der Waals surface area contributed by atoms with Crippen LogP contribution < -0.4 is 5.32 Å². The van der Waals surface area contributed by atoms with Gasteiger partial charge in [0.1, 0.15) is 12.7 Å². The maximum Gasteiger partial charge on any atom is 0.393 e. The summed E-state index contributed by atoms with van der Waals surface area (Å²) in [6.07, 6.45) is -3.57. The van der Waals surface area contributed by atoms with Gasteiger partial charge in [-0.15, -0.1) is 0 Å². The Morgan fingerprint density at radius 3 is 2.67 bits per heavy atom. The third-order valence-corrected chi connectivity index (χ3v) is 2.64. The van der Waals surface area contributed by atoms with Gasteiger partial charge in [-0.05, 0) is 4.89 Å². The number of nitrogens with one attached hydrogen (secondary N) is 1. The molecule has 2 aliphatic heterocycles. The van der Waals surface area contributed by atoms with Gasteiger partial charge in [-0.3, -0.25) is 4.79 Å². The van der Waals surface area contributed by atoms with Gasteiger partial charge in [-0.1, -0.05) is 0 Å². The average molecular weight is 220 g/mol. The monoisotopic (exact) mass is 220 g/mol. The number of carbonyl (C=O) groups is 1. The van der Waals surface area contributed by atoms with E-state index in [1.54, 1.807) is 0 Å². The molecule has 0 aromatic rings. The summed E-state index contributed by atoms with van der Waals surface area (Å²) in [5.41, 5.74) is 0. The van der Waals surface area contributed by atoms with Gasteiger partial charge in [0.15, 0.2) is 12.1 Å². The van der Waals surface area contributed by atoms with Crippen molar-refractivity contribution in [3.05, 3.63) is 0 Å². The summed E-state index contributed by atoms with van der Waals surface area (Å²) in [6, 6.07) is -0.690. The Hall–Kier alpha value is -0.730. The van der Waals surface area contributed by atoms with Crippen molar-refractivity contribution in [3.63, 3.8) is 0 Å². The molecule has 2 aliphatic rings. The molecule has 2 fully saturated rings. The predicted octanol–water partition coefficient (Wildman–Crippen LogP) is -2.59. The third kappa shape index (κ3) is 1.72. The van der Waals surface area contributed by atoms with Gasteiger partial charge in [-0.2, -0.15) is 4.52 Å². The van der Waals surface area contributed by atoms with Crippen LogP contribution in [-0.4, -0.2) is 58.5 Å². The number of aliphatic hydroxyl groups is 3. The molecule has 7 nitrogen and oxygen atoms in total. The van der Waals surface area contributed by atoms with Crippen molar-refractivity contribution in [2.24, 2.45) is 0 Å². The third-order valence-electron chi connectivity index (χ3n) is 2.64. The van der Waals surface area contributed by atoms with Crippen molar-refractivity contribution < 1.29 is 29.5 Å². The van der Waals surface area contributed by atoms with Crippen LogP contribution in [0.4, 0.5) is 0 Å². The number of rotatable bonds is 2. The maximum atomic E-state index is 10.8. The molecule has 0 spiro atoms. The van der Waals surface area contributed by atoms with Crippen LogP contribution in [0.25, 0.3) is 0 Å². The lowest BCUT2D eigenvalue weighted by Gasteiger charge is -2.28. The number of amides is 1. The zero-order valence-electron chi connectivity index (χ0n) is 8.16. The lowest BCUT2D eigenvalue weighted by atomic mass is 9.98. The van der Waals surface area contributed by atoms with Crippen LogP contribution in [0.3, 0.4) is 0 Å². The minimum Gasteiger partial charge on any atom is -0.388 e. The average Bonchev–Trinajstić information content (AvgIpc) is 2.92. The van der Waals surface area contributed by atoms with Gasteiger partial charge >= 0.3 is 6.29 Å². The molecule has 0 unspecified atom stereocenters. The Bertz CT molecular complexity index is 272. The first-order valence-electron chi connectivity index (χ1n) is 4.69. The van der Waals surface area contributed by atoms with E-state index in [1.807, 2.05) is 0 Å². The van der Waals surface area contributed by atoms with Gasteiger partial charge < -0.3 is 20.6 Å². The molecule has 0 radical (unpaired) electrons. The highest BCUT2D eigenvalue weighted by atomic mass is 17.5. The molecular formula is C8H14NO6+. The highest BCUT2D eigenvalue weighted by molar-refractivity contribution is 5.73. The molecule has 15 heavy (non-hydrogen) atoms. The zero-order chi connectivity index (χ0) is 11.2. The van der Waals surface area contributed by atoms with Crippen LogP contribution in [0.15, 0.2) is 0 Å². The summed E-state index contributed by atoms with van der Waals surface area (Å²) in [7, 11) is 0. The fourth-order valence-corrected chi connectivity index (χ4v) is 1.84. The van der Waals surface area contributed by atoms with Crippen molar-refractivity contribution >= 4 is 5.91 Å². The van der Waals surface area contributed by atoms with Crippen molar-refractivity contribution in [1.29, 1.82) is 0 Å². The molecule has 7 heteroatoms. The fourth-order valence-electron chi connectivity index (χ4n) is 1.84. The second-order valence-corrected chi connectivity index (χ2v) is 3.72. The van der Waals surface area contributed by atoms with E-state index in [0.29, 0.717) is 0 Å². The SMILES string of the molecule is CC(=O)N[C@@H]1[C@@H](O)[C@H](O)[C@@H](CO)[O+]2O[C@@H]12. The lowest BCUT2D eigenvalue weighted by Crippen LogP contribution is -2.59.